The number of hydrogen-bond donors (Lipinski definition) is 0. The number of aryl methyl sites for hydroxylation is 1. The van der Waals surface area contributed by atoms with Crippen molar-refractivity contribution in [3.63, 3.8) is 0 Å². The minimum absolute atomic E-state index is 0.0452. The summed E-state index contributed by atoms with van der Waals surface area (Å²) in [5.74, 6) is 0.355. The van der Waals surface area contributed by atoms with Gasteiger partial charge in [0.05, 0.1) is 12.5 Å². The highest BCUT2D eigenvalue weighted by atomic mass is 32.1. The maximum atomic E-state index is 13.2. The van der Waals surface area contributed by atoms with E-state index in [9.17, 15) is 9.59 Å². The lowest BCUT2D eigenvalue weighted by atomic mass is 9.92. The van der Waals surface area contributed by atoms with Crippen LogP contribution in [0.3, 0.4) is 0 Å². The fourth-order valence-electron chi connectivity index (χ4n) is 5.36. The lowest BCUT2D eigenvalue weighted by molar-refractivity contribution is -0.142. The van der Waals surface area contributed by atoms with Crippen LogP contribution >= 0.6 is 22.7 Å². The van der Waals surface area contributed by atoms with Crippen molar-refractivity contribution in [2.45, 2.75) is 45.2 Å². The molecule has 1 aromatic carbocycles. The molecule has 2 aliphatic heterocycles. The number of carbonyl (C=O) groups excluding carboxylic acids is 2. The van der Waals surface area contributed by atoms with Gasteiger partial charge in [0, 0.05) is 54.9 Å². The van der Waals surface area contributed by atoms with Crippen LogP contribution < -0.4 is 0 Å². The first-order valence-electron chi connectivity index (χ1n) is 12.5. The molecule has 0 spiro atoms. The monoisotopic (exact) mass is 507 g/mol. The Hall–Kier alpha value is -2.48. The van der Waals surface area contributed by atoms with Crippen LogP contribution in [-0.4, -0.2) is 65.3 Å². The molecular weight excluding hydrogens is 474 g/mol. The molecule has 0 aliphatic carbocycles. The van der Waals surface area contributed by atoms with Crippen LogP contribution in [0.25, 0.3) is 0 Å². The van der Waals surface area contributed by atoms with Gasteiger partial charge in [0.15, 0.2) is 0 Å². The molecule has 3 aromatic rings. The van der Waals surface area contributed by atoms with Gasteiger partial charge in [-0.1, -0.05) is 35.9 Å². The highest BCUT2D eigenvalue weighted by molar-refractivity contribution is 7.10. The Morgan fingerprint density at radius 1 is 0.971 bits per heavy atom. The summed E-state index contributed by atoms with van der Waals surface area (Å²) < 4.78 is 0. The molecule has 2 amide bonds. The molecule has 2 aliphatic rings. The fraction of sp³-hybridized carbons (Fsp3) is 0.429. The first kappa shape index (κ1) is 24.2. The second-order valence-electron chi connectivity index (χ2n) is 9.68. The molecule has 4 heterocycles. The number of nitrogens with zero attached hydrogens (tertiary/aromatic N) is 3. The fourth-order valence-corrected chi connectivity index (χ4v) is 6.96. The molecule has 1 saturated heterocycles. The summed E-state index contributed by atoms with van der Waals surface area (Å²) >= 11 is 3.47. The van der Waals surface area contributed by atoms with Crippen molar-refractivity contribution in [1.82, 2.24) is 14.7 Å². The molecule has 5 rings (SSSR count). The van der Waals surface area contributed by atoms with Crippen LogP contribution in [0.5, 0.6) is 0 Å². The quantitative estimate of drug-likeness (QED) is 0.483. The first-order chi connectivity index (χ1) is 17.0. The molecule has 0 saturated carbocycles. The number of thiophene rings is 2. The molecular formula is C28H33N3O2S2. The van der Waals surface area contributed by atoms with E-state index >= 15 is 0 Å². The lowest BCUT2D eigenvalue weighted by Gasteiger charge is -2.41. The lowest BCUT2D eigenvalue weighted by Crippen LogP contribution is -2.56. The van der Waals surface area contributed by atoms with E-state index in [0.717, 1.165) is 24.4 Å². The van der Waals surface area contributed by atoms with Gasteiger partial charge in [-0.25, -0.2) is 0 Å². The maximum Gasteiger partial charge on any atom is 0.228 e. The Morgan fingerprint density at radius 2 is 1.80 bits per heavy atom. The molecule has 2 unspecified atom stereocenters. The third-order valence-electron chi connectivity index (χ3n) is 7.28. The highest BCUT2D eigenvalue weighted by Gasteiger charge is 2.32. The summed E-state index contributed by atoms with van der Waals surface area (Å²) in [5, 5.41) is 4.20. The zero-order valence-electron chi connectivity index (χ0n) is 20.5. The zero-order chi connectivity index (χ0) is 24.4. The summed E-state index contributed by atoms with van der Waals surface area (Å²) in [7, 11) is 0. The van der Waals surface area contributed by atoms with Crippen molar-refractivity contribution in [1.29, 1.82) is 0 Å². The molecule has 1 fully saturated rings. The summed E-state index contributed by atoms with van der Waals surface area (Å²) in [6, 6.07) is 15.3. The van der Waals surface area contributed by atoms with Gasteiger partial charge >= 0.3 is 0 Å². The minimum Gasteiger partial charge on any atom is -0.339 e. The summed E-state index contributed by atoms with van der Waals surface area (Å²) in [5.41, 5.74) is 3.96. The van der Waals surface area contributed by atoms with Gasteiger partial charge in [-0.15, -0.1) is 22.7 Å². The van der Waals surface area contributed by atoms with Crippen molar-refractivity contribution < 1.29 is 9.59 Å². The molecule has 0 radical (unpaired) electrons. The highest BCUT2D eigenvalue weighted by Crippen LogP contribution is 2.37. The predicted octanol–water partition coefficient (Wildman–Crippen LogP) is 4.76. The number of carbonyl (C=O) groups is 2. The van der Waals surface area contributed by atoms with Crippen molar-refractivity contribution in [2.24, 2.45) is 0 Å². The summed E-state index contributed by atoms with van der Waals surface area (Å²) in [6.45, 7) is 7.75. The predicted molar refractivity (Wildman–Crippen MR) is 143 cm³/mol. The van der Waals surface area contributed by atoms with Gasteiger partial charge in [0.25, 0.3) is 0 Å². The zero-order valence-corrected chi connectivity index (χ0v) is 22.1. The standard InChI is InChI=1S/C28H33N3O2S2/c1-20-5-7-22(8-6-20)28-24-11-17-35-25(24)9-12-29(28)13-10-26(32)30-14-15-31(21(2)19-30)27(33)18-23-4-3-16-34-23/h3-8,11,16-17,21,28H,9-10,12-15,18-19H2,1-2H3. The molecule has 35 heavy (non-hydrogen) atoms. The number of hydrogen-bond acceptors (Lipinski definition) is 5. The van der Waals surface area contributed by atoms with E-state index in [2.05, 4.69) is 54.5 Å². The normalized spacial score (nSPS) is 20.6. The van der Waals surface area contributed by atoms with Crippen molar-refractivity contribution in [3.8, 4) is 0 Å². The number of amides is 2. The summed E-state index contributed by atoms with van der Waals surface area (Å²) in [4.78, 5) is 34.9. The van der Waals surface area contributed by atoms with E-state index in [1.165, 1.54) is 21.6 Å². The Kier molecular flexibility index (Phi) is 7.37. The van der Waals surface area contributed by atoms with Crippen LogP contribution in [0.15, 0.2) is 53.2 Å². The third kappa shape index (κ3) is 5.37. The Balaban J connectivity index is 1.19. The van der Waals surface area contributed by atoms with E-state index < -0.39 is 0 Å². The van der Waals surface area contributed by atoms with E-state index in [1.807, 2.05) is 38.6 Å². The Morgan fingerprint density at radius 3 is 2.54 bits per heavy atom. The van der Waals surface area contributed by atoms with Gasteiger partial charge in [0.1, 0.15) is 0 Å². The van der Waals surface area contributed by atoms with Gasteiger partial charge in [-0.05, 0) is 54.3 Å². The smallest absolute Gasteiger partial charge is 0.228 e. The van der Waals surface area contributed by atoms with Gasteiger partial charge in [-0.2, -0.15) is 0 Å². The van der Waals surface area contributed by atoms with E-state index in [4.69, 9.17) is 0 Å². The van der Waals surface area contributed by atoms with E-state index in [1.54, 1.807) is 11.3 Å². The Bertz CT molecular complexity index is 1160. The molecule has 2 atom stereocenters. The van der Waals surface area contributed by atoms with E-state index in [0.29, 0.717) is 32.5 Å². The summed E-state index contributed by atoms with van der Waals surface area (Å²) in [6.07, 6.45) is 2.01. The number of fused-ring (bicyclic) bond motifs is 1. The maximum absolute atomic E-state index is 13.2. The van der Waals surface area contributed by atoms with Crippen LogP contribution in [0.4, 0.5) is 0 Å². The average Bonchev–Trinajstić information content (AvgIpc) is 3.54. The van der Waals surface area contributed by atoms with Crippen LogP contribution in [-0.2, 0) is 22.4 Å². The molecule has 2 aromatic heterocycles. The van der Waals surface area contributed by atoms with Crippen LogP contribution in [0.2, 0.25) is 0 Å². The second-order valence-corrected chi connectivity index (χ2v) is 11.7. The topological polar surface area (TPSA) is 43.9 Å². The van der Waals surface area contributed by atoms with Crippen molar-refractivity contribution in [3.05, 3.63) is 79.7 Å². The number of piperazine rings is 1. The van der Waals surface area contributed by atoms with Gasteiger partial charge in [-0.3, -0.25) is 14.5 Å². The van der Waals surface area contributed by atoms with Crippen LogP contribution in [0, 0.1) is 6.92 Å². The van der Waals surface area contributed by atoms with Gasteiger partial charge in [0.2, 0.25) is 11.8 Å². The second kappa shape index (κ2) is 10.6. The molecule has 5 nitrogen and oxygen atoms in total. The van der Waals surface area contributed by atoms with Crippen molar-refractivity contribution >= 4 is 34.5 Å². The van der Waals surface area contributed by atoms with Crippen LogP contribution in [0.1, 0.15) is 45.8 Å². The van der Waals surface area contributed by atoms with E-state index in [-0.39, 0.29) is 23.9 Å². The molecule has 0 bridgehead atoms. The number of benzene rings is 1. The minimum atomic E-state index is 0.0452. The number of rotatable bonds is 6. The molecule has 0 N–H and O–H groups in total. The third-order valence-corrected chi connectivity index (χ3v) is 9.15. The molecule has 184 valence electrons. The van der Waals surface area contributed by atoms with Gasteiger partial charge < -0.3 is 9.80 Å². The first-order valence-corrected chi connectivity index (χ1v) is 14.2. The Labute approximate surface area is 216 Å². The molecule has 7 heteroatoms. The SMILES string of the molecule is Cc1ccc(C2c3ccsc3CCN2CCC(=O)N2CCN(C(=O)Cc3cccs3)C(C)C2)cc1. The average molecular weight is 508 g/mol. The van der Waals surface area contributed by atoms with Crippen molar-refractivity contribution in [2.75, 3.05) is 32.7 Å². The largest absolute Gasteiger partial charge is 0.339 e.